The second-order valence-corrected chi connectivity index (χ2v) is 4.96. The molecule has 1 heterocycles. The third-order valence-corrected chi connectivity index (χ3v) is 3.28. The molecule has 0 aliphatic carbocycles. The zero-order valence-corrected chi connectivity index (χ0v) is 12.8. The van der Waals surface area contributed by atoms with E-state index in [0.717, 1.165) is 16.5 Å². The van der Waals surface area contributed by atoms with Crippen LogP contribution >= 0.6 is 15.9 Å². The summed E-state index contributed by atoms with van der Waals surface area (Å²) in [7, 11) is 1.61. The minimum atomic E-state index is 0.284. The lowest BCUT2D eigenvalue weighted by molar-refractivity contribution is 0.274. The summed E-state index contributed by atoms with van der Waals surface area (Å²) in [6.45, 7) is 0.875. The summed E-state index contributed by atoms with van der Waals surface area (Å²) >= 11 is 3.50. The Morgan fingerprint density at radius 2 is 2.00 bits per heavy atom. The Morgan fingerprint density at radius 3 is 2.65 bits per heavy atom. The first-order chi connectivity index (χ1) is 9.74. The van der Waals surface area contributed by atoms with Gasteiger partial charge >= 0.3 is 0 Å². The maximum Gasteiger partial charge on any atom is 0.176 e. The average Bonchev–Trinajstić information content (AvgIpc) is 2.47. The van der Waals surface area contributed by atoms with Crippen LogP contribution in [0.4, 0.5) is 0 Å². The molecule has 2 aromatic rings. The number of benzene rings is 1. The van der Waals surface area contributed by atoms with Gasteiger partial charge in [0.25, 0.3) is 0 Å². The fourth-order valence-corrected chi connectivity index (χ4v) is 2.37. The van der Waals surface area contributed by atoms with Gasteiger partial charge in [-0.25, -0.2) is 9.97 Å². The highest BCUT2D eigenvalue weighted by Gasteiger charge is 2.12. The van der Waals surface area contributed by atoms with Crippen LogP contribution in [0, 0.1) is 0 Å². The van der Waals surface area contributed by atoms with Gasteiger partial charge in [0, 0.05) is 12.4 Å². The van der Waals surface area contributed by atoms with Crippen molar-refractivity contribution in [1.82, 2.24) is 9.97 Å². The Labute approximate surface area is 126 Å². The third kappa shape index (κ3) is 3.68. The molecule has 6 heteroatoms. The van der Waals surface area contributed by atoms with Gasteiger partial charge in [-0.15, -0.1) is 0 Å². The number of nitrogens with two attached hydrogens (primary N) is 1. The van der Waals surface area contributed by atoms with Crippen molar-refractivity contribution < 1.29 is 9.47 Å². The summed E-state index contributed by atoms with van der Waals surface area (Å²) in [6, 6.07) is 5.68. The van der Waals surface area contributed by atoms with Crippen molar-refractivity contribution in [3.05, 3.63) is 46.5 Å². The first-order valence-corrected chi connectivity index (χ1v) is 6.99. The van der Waals surface area contributed by atoms with E-state index in [1.807, 2.05) is 12.1 Å². The lowest BCUT2D eigenvalue weighted by atomic mass is 10.1. The van der Waals surface area contributed by atoms with Gasteiger partial charge in [-0.05, 0) is 52.7 Å². The van der Waals surface area contributed by atoms with Gasteiger partial charge in [0.05, 0.1) is 11.6 Å². The Hall–Kier alpha value is -1.66. The van der Waals surface area contributed by atoms with Gasteiger partial charge in [0.15, 0.2) is 17.3 Å². The topological polar surface area (TPSA) is 70.3 Å². The van der Waals surface area contributed by atoms with Gasteiger partial charge < -0.3 is 15.2 Å². The zero-order chi connectivity index (χ0) is 14.4. The number of aromatic nitrogens is 2. The van der Waals surface area contributed by atoms with E-state index in [-0.39, 0.29) is 6.61 Å². The number of ether oxygens (including phenoxy) is 2. The highest BCUT2D eigenvalue weighted by Crippen LogP contribution is 2.37. The fraction of sp³-hybridized carbons (Fsp3) is 0.286. The Kier molecular flexibility index (Phi) is 5.31. The zero-order valence-electron chi connectivity index (χ0n) is 11.2. The van der Waals surface area contributed by atoms with Crippen molar-refractivity contribution >= 4 is 15.9 Å². The Morgan fingerprint density at radius 1 is 1.25 bits per heavy atom. The molecule has 0 aliphatic rings. The van der Waals surface area contributed by atoms with Gasteiger partial charge in [0.1, 0.15) is 6.61 Å². The highest BCUT2D eigenvalue weighted by atomic mass is 79.9. The highest BCUT2D eigenvalue weighted by molar-refractivity contribution is 9.10. The molecule has 2 N–H and O–H groups in total. The van der Waals surface area contributed by atoms with Crippen LogP contribution in [0.15, 0.2) is 35.1 Å². The number of rotatable bonds is 6. The molecule has 0 radical (unpaired) electrons. The Balaban J connectivity index is 2.18. The van der Waals surface area contributed by atoms with Crippen molar-refractivity contribution in [3.63, 3.8) is 0 Å². The summed E-state index contributed by atoms with van der Waals surface area (Å²) in [5.74, 6) is 1.92. The van der Waals surface area contributed by atoms with Crippen LogP contribution in [0.2, 0.25) is 0 Å². The largest absolute Gasteiger partial charge is 0.493 e. The van der Waals surface area contributed by atoms with E-state index in [1.165, 1.54) is 0 Å². The van der Waals surface area contributed by atoms with E-state index < -0.39 is 0 Å². The predicted octanol–water partition coefficient (Wildman–Crippen LogP) is 2.33. The molecule has 20 heavy (non-hydrogen) atoms. The predicted molar refractivity (Wildman–Crippen MR) is 79.8 cm³/mol. The molecule has 1 aromatic carbocycles. The van der Waals surface area contributed by atoms with Crippen molar-refractivity contribution in [1.29, 1.82) is 0 Å². The summed E-state index contributed by atoms with van der Waals surface area (Å²) in [6.07, 6.45) is 4.15. The molecule has 1 aromatic heterocycles. The molecule has 0 atom stereocenters. The summed E-state index contributed by atoms with van der Waals surface area (Å²) < 4.78 is 11.9. The summed E-state index contributed by atoms with van der Waals surface area (Å²) in [5.41, 5.74) is 6.67. The molecular weight excluding hydrogens is 322 g/mol. The van der Waals surface area contributed by atoms with E-state index in [0.29, 0.717) is 23.9 Å². The molecule has 2 rings (SSSR count). The van der Waals surface area contributed by atoms with E-state index in [1.54, 1.807) is 25.6 Å². The molecule has 106 valence electrons. The van der Waals surface area contributed by atoms with Crippen molar-refractivity contribution in [3.8, 4) is 11.5 Å². The number of hydrogen-bond donors (Lipinski definition) is 1. The van der Waals surface area contributed by atoms with Crippen molar-refractivity contribution in [2.45, 2.75) is 13.0 Å². The maximum atomic E-state index is 5.75. The lowest BCUT2D eigenvalue weighted by Crippen LogP contribution is -2.05. The van der Waals surface area contributed by atoms with Crippen LogP contribution in [0.5, 0.6) is 11.5 Å². The monoisotopic (exact) mass is 337 g/mol. The minimum absolute atomic E-state index is 0.284. The van der Waals surface area contributed by atoms with Crippen LogP contribution in [0.1, 0.15) is 11.4 Å². The molecule has 0 fully saturated rings. The molecule has 0 unspecified atom stereocenters. The lowest BCUT2D eigenvalue weighted by Gasteiger charge is -2.13. The first-order valence-electron chi connectivity index (χ1n) is 6.19. The van der Waals surface area contributed by atoms with Gasteiger partial charge in [0.2, 0.25) is 0 Å². The molecule has 0 saturated heterocycles. The van der Waals surface area contributed by atoms with Gasteiger partial charge in [-0.1, -0.05) is 0 Å². The number of nitrogens with zero attached hydrogens (tertiary/aromatic N) is 2. The van der Waals surface area contributed by atoms with Crippen LogP contribution in [-0.4, -0.2) is 23.6 Å². The molecular formula is C14H16BrN3O2. The average molecular weight is 338 g/mol. The van der Waals surface area contributed by atoms with Gasteiger partial charge in [-0.3, -0.25) is 0 Å². The van der Waals surface area contributed by atoms with Crippen LogP contribution in [0.25, 0.3) is 0 Å². The number of hydrogen-bond acceptors (Lipinski definition) is 5. The smallest absolute Gasteiger partial charge is 0.176 e. The summed E-state index contributed by atoms with van der Waals surface area (Å²) in [4.78, 5) is 8.23. The molecule has 0 aliphatic heterocycles. The molecule has 0 amide bonds. The van der Waals surface area contributed by atoms with Crippen LogP contribution in [0.3, 0.4) is 0 Å². The second kappa shape index (κ2) is 7.21. The normalized spacial score (nSPS) is 10.3. The number of halogens is 1. The quantitative estimate of drug-likeness (QED) is 0.875. The van der Waals surface area contributed by atoms with Gasteiger partial charge in [-0.2, -0.15) is 0 Å². The SMILES string of the molecule is COc1cc(CCN)cc(Br)c1OCc1ncccn1. The van der Waals surface area contributed by atoms with E-state index in [9.17, 15) is 0 Å². The van der Waals surface area contributed by atoms with E-state index in [4.69, 9.17) is 15.2 Å². The second-order valence-electron chi connectivity index (χ2n) is 4.10. The molecule has 0 saturated carbocycles. The third-order valence-electron chi connectivity index (χ3n) is 2.69. The molecule has 0 bridgehead atoms. The first kappa shape index (κ1) is 14.7. The number of methoxy groups -OCH3 is 1. The van der Waals surface area contributed by atoms with E-state index in [2.05, 4.69) is 25.9 Å². The molecule has 5 nitrogen and oxygen atoms in total. The van der Waals surface area contributed by atoms with Crippen molar-refractivity contribution in [2.75, 3.05) is 13.7 Å². The minimum Gasteiger partial charge on any atom is -0.493 e. The maximum absolute atomic E-state index is 5.75. The van der Waals surface area contributed by atoms with Crippen LogP contribution in [-0.2, 0) is 13.0 Å². The fourth-order valence-electron chi connectivity index (χ4n) is 1.77. The van der Waals surface area contributed by atoms with Crippen molar-refractivity contribution in [2.24, 2.45) is 5.73 Å². The van der Waals surface area contributed by atoms with E-state index >= 15 is 0 Å². The Bertz CT molecular complexity index is 564. The molecule has 0 spiro atoms. The standard InChI is InChI=1S/C14H16BrN3O2/c1-19-12-8-10(3-4-16)7-11(15)14(12)20-9-13-17-5-2-6-18-13/h2,5-8H,3-4,9,16H2,1H3. The van der Waals surface area contributed by atoms with Crippen LogP contribution < -0.4 is 15.2 Å². The summed E-state index contributed by atoms with van der Waals surface area (Å²) in [5, 5.41) is 0.